The van der Waals surface area contributed by atoms with Gasteiger partial charge in [-0.2, -0.15) is 0 Å². The lowest BCUT2D eigenvalue weighted by atomic mass is 10.1. The summed E-state index contributed by atoms with van der Waals surface area (Å²) >= 11 is 1.61. The number of ether oxygens (including phenoxy) is 1. The lowest BCUT2D eigenvalue weighted by Crippen LogP contribution is -2.27. The highest BCUT2D eigenvalue weighted by molar-refractivity contribution is 8.00. The van der Waals surface area contributed by atoms with E-state index in [4.69, 9.17) is 4.74 Å². The van der Waals surface area contributed by atoms with Gasteiger partial charge in [-0.3, -0.25) is 9.78 Å². The third-order valence-electron chi connectivity index (χ3n) is 4.47. The molecule has 1 amide bonds. The first-order chi connectivity index (χ1) is 12.7. The van der Waals surface area contributed by atoms with Gasteiger partial charge in [-0.15, -0.1) is 11.8 Å². The maximum atomic E-state index is 12.4. The van der Waals surface area contributed by atoms with Gasteiger partial charge < -0.3 is 14.6 Å². The van der Waals surface area contributed by atoms with Crippen molar-refractivity contribution in [3.05, 3.63) is 65.6 Å². The molecule has 0 bridgehead atoms. The second kappa shape index (κ2) is 6.84. The van der Waals surface area contributed by atoms with Gasteiger partial charge in [0.1, 0.15) is 5.37 Å². The van der Waals surface area contributed by atoms with Crippen LogP contribution in [0.1, 0.15) is 26.9 Å². The Hall–Kier alpha value is -2.80. The Balaban J connectivity index is 1.67. The number of methoxy groups -OCH3 is 1. The zero-order chi connectivity index (χ0) is 18.1. The average molecular weight is 367 g/mol. The number of carbonyl (C=O) groups excluding carboxylic acids is 2. The highest BCUT2D eigenvalue weighted by atomic mass is 32.2. The normalized spacial score (nSPS) is 17.0. The van der Waals surface area contributed by atoms with Crippen LogP contribution in [0.15, 0.2) is 48.9 Å². The molecule has 1 N–H and O–H groups in total. The minimum absolute atomic E-state index is 0.0617. The predicted octanol–water partition coefficient (Wildman–Crippen LogP) is 3.12. The molecule has 7 heteroatoms. The summed E-state index contributed by atoms with van der Waals surface area (Å²) in [6.45, 7) is 0.548. The fourth-order valence-electron chi connectivity index (χ4n) is 3.17. The molecule has 26 heavy (non-hydrogen) atoms. The van der Waals surface area contributed by atoms with Crippen molar-refractivity contribution in [3.63, 3.8) is 0 Å². The van der Waals surface area contributed by atoms with Gasteiger partial charge in [-0.25, -0.2) is 4.79 Å². The van der Waals surface area contributed by atoms with Crippen molar-refractivity contribution in [2.75, 3.05) is 12.9 Å². The zero-order valence-electron chi connectivity index (χ0n) is 14.1. The number of rotatable bonds is 4. The standard InChI is InChI=1S/C19H17N3O3S/c1-25-19(24)13-2-3-14-15(9-21-16(14)8-13)18-22(17(23)11-26-18)10-12-4-6-20-7-5-12/h2-9,18,21H,10-11H2,1H3. The van der Waals surface area contributed by atoms with E-state index in [1.807, 2.05) is 29.3 Å². The van der Waals surface area contributed by atoms with E-state index >= 15 is 0 Å². The molecule has 6 nitrogen and oxygen atoms in total. The van der Waals surface area contributed by atoms with Crippen LogP contribution in [0.2, 0.25) is 0 Å². The molecule has 0 aliphatic carbocycles. The van der Waals surface area contributed by atoms with Gasteiger partial charge in [-0.1, -0.05) is 6.07 Å². The summed E-state index contributed by atoms with van der Waals surface area (Å²) in [5.74, 6) is 0.216. The number of pyridine rings is 1. The molecule has 4 rings (SSSR count). The first-order valence-corrected chi connectivity index (χ1v) is 9.21. The minimum Gasteiger partial charge on any atom is -0.465 e. The number of esters is 1. The van der Waals surface area contributed by atoms with E-state index in [1.54, 1.807) is 36.3 Å². The fourth-order valence-corrected chi connectivity index (χ4v) is 4.38. The SMILES string of the molecule is COC(=O)c1ccc2c(C3SCC(=O)N3Cc3ccncc3)c[nH]c2c1. The van der Waals surface area contributed by atoms with Crippen LogP contribution in [0.4, 0.5) is 0 Å². The Kier molecular flexibility index (Phi) is 4.38. The number of carbonyl (C=O) groups is 2. The zero-order valence-corrected chi connectivity index (χ0v) is 15.0. The van der Waals surface area contributed by atoms with Crippen LogP contribution in [0.5, 0.6) is 0 Å². The summed E-state index contributed by atoms with van der Waals surface area (Å²) in [5.41, 5.74) is 3.44. The van der Waals surface area contributed by atoms with E-state index in [0.29, 0.717) is 17.9 Å². The van der Waals surface area contributed by atoms with Crippen LogP contribution in [-0.4, -0.2) is 39.6 Å². The van der Waals surface area contributed by atoms with Gasteiger partial charge in [0.05, 0.1) is 18.4 Å². The quantitative estimate of drug-likeness (QED) is 0.717. The van der Waals surface area contributed by atoms with E-state index in [0.717, 1.165) is 22.0 Å². The summed E-state index contributed by atoms with van der Waals surface area (Å²) in [6, 6.07) is 9.28. The number of amides is 1. The monoisotopic (exact) mass is 367 g/mol. The molecule has 3 heterocycles. The van der Waals surface area contributed by atoms with E-state index in [2.05, 4.69) is 9.97 Å². The Morgan fingerprint density at radius 3 is 2.92 bits per heavy atom. The number of benzene rings is 1. The molecule has 1 aliphatic heterocycles. The Morgan fingerprint density at radius 1 is 1.35 bits per heavy atom. The van der Waals surface area contributed by atoms with Crippen LogP contribution < -0.4 is 0 Å². The molecule has 3 aromatic rings. The molecule has 2 aromatic heterocycles. The summed E-state index contributed by atoms with van der Waals surface area (Å²) in [4.78, 5) is 33.3. The number of nitrogens with zero attached hydrogens (tertiary/aromatic N) is 2. The maximum absolute atomic E-state index is 12.4. The van der Waals surface area contributed by atoms with Gasteiger partial charge in [0.25, 0.3) is 0 Å². The molecule has 0 radical (unpaired) electrons. The Morgan fingerprint density at radius 2 is 2.15 bits per heavy atom. The molecule has 1 atom stereocenters. The number of H-pyrrole nitrogens is 1. The molecule has 1 fully saturated rings. The van der Waals surface area contributed by atoms with Crippen molar-refractivity contribution >= 4 is 34.5 Å². The molecule has 0 saturated carbocycles. The van der Waals surface area contributed by atoms with Crippen molar-refractivity contribution in [1.82, 2.24) is 14.9 Å². The van der Waals surface area contributed by atoms with Crippen LogP contribution in [-0.2, 0) is 16.1 Å². The summed E-state index contributed by atoms with van der Waals surface area (Å²) in [5, 5.41) is 0.943. The number of fused-ring (bicyclic) bond motifs is 1. The summed E-state index contributed by atoms with van der Waals surface area (Å²) < 4.78 is 4.77. The number of aromatic nitrogens is 2. The number of thioether (sulfide) groups is 1. The lowest BCUT2D eigenvalue weighted by molar-refractivity contribution is -0.128. The third-order valence-corrected chi connectivity index (χ3v) is 5.71. The van der Waals surface area contributed by atoms with Crippen LogP contribution >= 0.6 is 11.8 Å². The number of aromatic amines is 1. The number of nitrogens with one attached hydrogen (secondary N) is 1. The van der Waals surface area contributed by atoms with Gasteiger partial charge in [-0.05, 0) is 29.8 Å². The van der Waals surface area contributed by atoms with Gasteiger partial charge in [0.15, 0.2) is 0 Å². The maximum Gasteiger partial charge on any atom is 0.337 e. The number of hydrogen-bond acceptors (Lipinski definition) is 5. The van der Waals surface area contributed by atoms with Crippen molar-refractivity contribution in [2.24, 2.45) is 0 Å². The second-order valence-electron chi connectivity index (χ2n) is 6.04. The molecule has 1 aromatic carbocycles. The molecule has 1 aliphatic rings. The van der Waals surface area contributed by atoms with E-state index in [1.165, 1.54) is 7.11 Å². The fraction of sp³-hybridized carbons (Fsp3) is 0.211. The van der Waals surface area contributed by atoms with Crippen LogP contribution in [0.25, 0.3) is 10.9 Å². The van der Waals surface area contributed by atoms with Crippen molar-refractivity contribution in [1.29, 1.82) is 0 Å². The highest BCUT2D eigenvalue weighted by Crippen LogP contribution is 2.42. The summed E-state index contributed by atoms with van der Waals surface area (Å²) in [6.07, 6.45) is 5.39. The van der Waals surface area contributed by atoms with Gasteiger partial charge in [0.2, 0.25) is 5.91 Å². The smallest absolute Gasteiger partial charge is 0.337 e. The largest absolute Gasteiger partial charge is 0.465 e. The van der Waals surface area contributed by atoms with Gasteiger partial charge in [0, 0.05) is 41.6 Å². The second-order valence-corrected chi connectivity index (χ2v) is 7.10. The minimum atomic E-state index is -0.368. The molecule has 1 unspecified atom stereocenters. The topological polar surface area (TPSA) is 75.3 Å². The predicted molar refractivity (Wildman–Crippen MR) is 99.6 cm³/mol. The average Bonchev–Trinajstić information content (AvgIpc) is 3.25. The van der Waals surface area contributed by atoms with Crippen molar-refractivity contribution in [2.45, 2.75) is 11.9 Å². The van der Waals surface area contributed by atoms with E-state index < -0.39 is 0 Å². The third kappa shape index (κ3) is 2.94. The lowest BCUT2D eigenvalue weighted by Gasteiger charge is -2.23. The number of hydrogen-bond donors (Lipinski definition) is 1. The highest BCUT2D eigenvalue weighted by Gasteiger charge is 2.34. The Labute approximate surface area is 154 Å². The van der Waals surface area contributed by atoms with Crippen LogP contribution in [0.3, 0.4) is 0 Å². The Bertz CT molecular complexity index is 971. The molecule has 0 spiro atoms. The van der Waals surface area contributed by atoms with Crippen molar-refractivity contribution < 1.29 is 14.3 Å². The first kappa shape index (κ1) is 16.7. The van der Waals surface area contributed by atoms with E-state index in [9.17, 15) is 9.59 Å². The van der Waals surface area contributed by atoms with Crippen molar-refractivity contribution in [3.8, 4) is 0 Å². The van der Waals surface area contributed by atoms with E-state index in [-0.39, 0.29) is 17.3 Å². The van der Waals surface area contributed by atoms with Crippen LogP contribution in [0, 0.1) is 0 Å². The summed E-state index contributed by atoms with van der Waals surface area (Å²) in [7, 11) is 1.37. The van der Waals surface area contributed by atoms with Gasteiger partial charge >= 0.3 is 5.97 Å². The molecular weight excluding hydrogens is 350 g/mol. The molecule has 1 saturated heterocycles. The first-order valence-electron chi connectivity index (χ1n) is 8.16. The molecule has 132 valence electrons. The molecular formula is C19H17N3O3S.